The lowest BCUT2D eigenvalue weighted by atomic mass is 9.91. The summed E-state index contributed by atoms with van der Waals surface area (Å²) in [7, 11) is 0. The highest BCUT2D eigenvalue weighted by Crippen LogP contribution is 2.30. The topological polar surface area (TPSA) is 46.5 Å². The summed E-state index contributed by atoms with van der Waals surface area (Å²) in [5, 5.41) is 9.28. The molecule has 1 aromatic rings. The summed E-state index contributed by atoms with van der Waals surface area (Å²) in [6, 6.07) is 5.54. The predicted molar refractivity (Wildman–Crippen MR) is 86.3 cm³/mol. The standard InChI is InChI=1S/C18H28O3/c1-5-7-14(6-2)15-8-9-16(18(19)20)17(12-15)21-11-10-13(3)4/h8-9,12-14H,5-7,10-11H2,1-4H3,(H,19,20). The minimum absolute atomic E-state index is 0.258. The van der Waals surface area contributed by atoms with Crippen molar-refractivity contribution in [2.45, 2.75) is 59.3 Å². The van der Waals surface area contributed by atoms with Crippen LogP contribution in [-0.2, 0) is 0 Å². The number of hydrogen-bond donors (Lipinski definition) is 1. The summed E-state index contributed by atoms with van der Waals surface area (Å²) in [6.45, 7) is 9.17. The van der Waals surface area contributed by atoms with Gasteiger partial charge in [-0.25, -0.2) is 4.79 Å². The van der Waals surface area contributed by atoms with E-state index in [1.807, 2.05) is 12.1 Å². The van der Waals surface area contributed by atoms with Crippen LogP contribution in [0.5, 0.6) is 5.75 Å². The second-order valence-electron chi connectivity index (χ2n) is 5.99. The van der Waals surface area contributed by atoms with Crippen LogP contribution in [0.4, 0.5) is 0 Å². The van der Waals surface area contributed by atoms with Gasteiger partial charge in [0.15, 0.2) is 0 Å². The van der Waals surface area contributed by atoms with E-state index in [9.17, 15) is 9.90 Å². The van der Waals surface area contributed by atoms with Crippen LogP contribution in [0, 0.1) is 5.92 Å². The first-order chi connectivity index (χ1) is 9.99. The first-order valence-corrected chi connectivity index (χ1v) is 7.99. The summed E-state index contributed by atoms with van der Waals surface area (Å²) in [4.78, 5) is 11.3. The van der Waals surface area contributed by atoms with Gasteiger partial charge in [0.05, 0.1) is 6.61 Å². The van der Waals surface area contributed by atoms with Gasteiger partial charge in [-0.15, -0.1) is 0 Å². The minimum atomic E-state index is -0.926. The molecule has 1 N–H and O–H groups in total. The molecule has 1 rings (SSSR count). The van der Waals surface area contributed by atoms with Crippen molar-refractivity contribution in [2.75, 3.05) is 6.61 Å². The number of carbonyl (C=O) groups is 1. The van der Waals surface area contributed by atoms with Gasteiger partial charge >= 0.3 is 5.97 Å². The molecule has 1 aromatic carbocycles. The Kier molecular flexibility index (Phi) is 7.27. The molecule has 0 spiro atoms. The number of hydrogen-bond acceptors (Lipinski definition) is 2. The Bertz CT molecular complexity index is 452. The molecule has 118 valence electrons. The van der Waals surface area contributed by atoms with Crippen molar-refractivity contribution in [3.8, 4) is 5.75 Å². The molecule has 0 heterocycles. The number of carboxylic acid groups (broad SMARTS) is 1. The SMILES string of the molecule is CCCC(CC)c1ccc(C(=O)O)c(OCCC(C)C)c1. The Hall–Kier alpha value is -1.51. The molecule has 1 unspecified atom stereocenters. The Morgan fingerprint density at radius 1 is 1.24 bits per heavy atom. The van der Waals surface area contributed by atoms with Crippen molar-refractivity contribution in [3.63, 3.8) is 0 Å². The van der Waals surface area contributed by atoms with Crippen LogP contribution in [-0.4, -0.2) is 17.7 Å². The maximum atomic E-state index is 11.3. The Labute approximate surface area is 128 Å². The van der Waals surface area contributed by atoms with Gasteiger partial charge in [-0.2, -0.15) is 0 Å². The van der Waals surface area contributed by atoms with E-state index in [2.05, 4.69) is 27.7 Å². The van der Waals surface area contributed by atoms with Crippen LogP contribution in [0.2, 0.25) is 0 Å². The summed E-state index contributed by atoms with van der Waals surface area (Å²) < 4.78 is 5.74. The summed E-state index contributed by atoms with van der Waals surface area (Å²) in [5.74, 6) is 0.607. The Balaban J connectivity index is 2.96. The molecule has 3 nitrogen and oxygen atoms in total. The largest absolute Gasteiger partial charge is 0.493 e. The first kappa shape index (κ1) is 17.5. The predicted octanol–water partition coefficient (Wildman–Crippen LogP) is 5.10. The first-order valence-electron chi connectivity index (χ1n) is 7.99. The maximum Gasteiger partial charge on any atom is 0.339 e. The van der Waals surface area contributed by atoms with Crippen LogP contribution in [0.15, 0.2) is 18.2 Å². The lowest BCUT2D eigenvalue weighted by Gasteiger charge is -2.17. The summed E-state index contributed by atoms with van der Waals surface area (Å²) >= 11 is 0. The van der Waals surface area contributed by atoms with E-state index in [0.717, 1.165) is 25.7 Å². The zero-order valence-electron chi connectivity index (χ0n) is 13.7. The van der Waals surface area contributed by atoms with Gasteiger partial charge in [-0.05, 0) is 48.8 Å². The molecule has 0 saturated carbocycles. The molecule has 0 aliphatic rings. The van der Waals surface area contributed by atoms with Crippen molar-refractivity contribution in [2.24, 2.45) is 5.92 Å². The molecule has 0 saturated heterocycles. The molecule has 0 bridgehead atoms. The van der Waals surface area contributed by atoms with Crippen LogP contribution in [0.1, 0.15) is 75.2 Å². The maximum absolute atomic E-state index is 11.3. The number of carboxylic acids is 1. The number of aromatic carboxylic acids is 1. The zero-order chi connectivity index (χ0) is 15.8. The molecule has 0 fully saturated rings. The van der Waals surface area contributed by atoms with Gasteiger partial charge in [0.1, 0.15) is 11.3 Å². The number of rotatable bonds is 9. The minimum Gasteiger partial charge on any atom is -0.493 e. The molecule has 0 radical (unpaired) electrons. The van der Waals surface area contributed by atoms with E-state index >= 15 is 0 Å². The summed E-state index contributed by atoms with van der Waals surface area (Å²) in [6.07, 6.45) is 4.23. The number of benzene rings is 1. The van der Waals surface area contributed by atoms with E-state index in [0.29, 0.717) is 24.2 Å². The fourth-order valence-electron chi connectivity index (χ4n) is 2.45. The second-order valence-corrected chi connectivity index (χ2v) is 5.99. The normalized spacial score (nSPS) is 12.4. The van der Waals surface area contributed by atoms with Crippen LogP contribution < -0.4 is 4.74 Å². The molecule has 0 aliphatic carbocycles. The molecule has 0 aromatic heterocycles. The Morgan fingerprint density at radius 2 is 1.95 bits per heavy atom. The fourth-order valence-corrected chi connectivity index (χ4v) is 2.45. The van der Waals surface area contributed by atoms with Gasteiger partial charge < -0.3 is 9.84 Å². The fraction of sp³-hybridized carbons (Fsp3) is 0.611. The van der Waals surface area contributed by atoms with Gasteiger partial charge in [-0.1, -0.05) is 40.2 Å². The van der Waals surface area contributed by atoms with E-state index < -0.39 is 5.97 Å². The van der Waals surface area contributed by atoms with Crippen molar-refractivity contribution in [1.29, 1.82) is 0 Å². The third-order valence-electron chi connectivity index (χ3n) is 3.79. The van der Waals surface area contributed by atoms with Crippen LogP contribution >= 0.6 is 0 Å². The van der Waals surface area contributed by atoms with Crippen molar-refractivity contribution in [1.82, 2.24) is 0 Å². The molecule has 1 atom stereocenters. The average molecular weight is 292 g/mol. The second kappa shape index (κ2) is 8.71. The third-order valence-corrected chi connectivity index (χ3v) is 3.79. The molecular weight excluding hydrogens is 264 g/mol. The average Bonchev–Trinajstić information content (AvgIpc) is 2.44. The Morgan fingerprint density at radius 3 is 2.48 bits per heavy atom. The van der Waals surface area contributed by atoms with Crippen molar-refractivity contribution in [3.05, 3.63) is 29.3 Å². The van der Waals surface area contributed by atoms with Gasteiger partial charge in [0.25, 0.3) is 0 Å². The smallest absolute Gasteiger partial charge is 0.339 e. The van der Waals surface area contributed by atoms with E-state index in [-0.39, 0.29) is 5.56 Å². The molecule has 0 aliphatic heterocycles. The lowest BCUT2D eigenvalue weighted by Crippen LogP contribution is -2.08. The zero-order valence-corrected chi connectivity index (χ0v) is 13.7. The highest BCUT2D eigenvalue weighted by molar-refractivity contribution is 5.91. The van der Waals surface area contributed by atoms with Crippen molar-refractivity contribution < 1.29 is 14.6 Å². The molecule has 3 heteroatoms. The van der Waals surface area contributed by atoms with Crippen LogP contribution in [0.3, 0.4) is 0 Å². The highest BCUT2D eigenvalue weighted by atomic mass is 16.5. The van der Waals surface area contributed by atoms with E-state index in [1.54, 1.807) is 6.07 Å². The lowest BCUT2D eigenvalue weighted by molar-refractivity contribution is 0.0692. The quantitative estimate of drug-likeness (QED) is 0.688. The number of ether oxygens (including phenoxy) is 1. The summed E-state index contributed by atoms with van der Waals surface area (Å²) in [5.41, 5.74) is 1.44. The third kappa shape index (κ3) is 5.41. The van der Waals surface area contributed by atoms with Gasteiger partial charge in [0.2, 0.25) is 0 Å². The van der Waals surface area contributed by atoms with Crippen LogP contribution in [0.25, 0.3) is 0 Å². The molecule has 21 heavy (non-hydrogen) atoms. The molecular formula is C18H28O3. The van der Waals surface area contributed by atoms with Gasteiger partial charge in [-0.3, -0.25) is 0 Å². The molecule has 0 amide bonds. The monoisotopic (exact) mass is 292 g/mol. The highest BCUT2D eigenvalue weighted by Gasteiger charge is 2.16. The van der Waals surface area contributed by atoms with E-state index in [1.165, 1.54) is 5.56 Å². The van der Waals surface area contributed by atoms with Crippen molar-refractivity contribution >= 4 is 5.97 Å². The van der Waals surface area contributed by atoms with E-state index in [4.69, 9.17) is 4.74 Å². The van der Waals surface area contributed by atoms with Gasteiger partial charge in [0, 0.05) is 0 Å².